The maximum absolute atomic E-state index is 12.3. The Morgan fingerprint density at radius 1 is 1.21 bits per heavy atom. The van der Waals surface area contributed by atoms with Gasteiger partial charge in [0.2, 0.25) is 0 Å². The Balaban J connectivity index is 2.28. The largest absolute Gasteiger partial charge is 0.322 e. The van der Waals surface area contributed by atoms with Gasteiger partial charge in [0.15, 0.2) is 0 Å². The minimum atomic E-state index is -0.145. The molecule has 0 aromatic heterocycles. The zero-order valence-corrected chi connectivity index (χ0v) is 12.8. The van der Waals surface area contributed by atoms with Gasteiger partial charge in [-0.2, -0.15) is 0 Å². The van der Waals surface area contributed by atoms with Crippen molar-refractivity contribution in [2.24, 2.45) is 0 Å². The average Bonchev–Trinajstić information content (AvgIpc) is 2.42. The summed E-state index contributed by atoms with van der Waals surface area (Å²) in [5.41, 5.74) is 3.23. The molecule has 0 atom stereocenters. The molecule has 0 heterocycles. The summed E-state index contributed by atoms with van der Waals surface area (Å²) in [6, 6.07) is 13.0. The minimum Gasteiger partial charge on any atom is -0.322 e. The lowest BCUT2D eigenvalue weighted by molar-refractivity contribution is 0.102. The van der Waals surface area contributed by atoms with E-state index in [0.29, 0.717) is 15.9 Å². The third kappa shape index (κ3) is 3.17. The summed E-state index contributed by atoms with van der Waals surface area (Å²) in [5.74, 6) is -0.145. The first kappa shape index (κ1) is 14.1. The molecule has 0 bridgehead atoms. The first-order chi connectivity index (χ1) is 9.13. The van der Waals surface area contributed by atoms with Crippen LogP contribution in [0.1, 0.15) is 21.5 Å². The van der Waals surface area contributed by atoms with Crippen molar-refractivity contribution >= 4 is 39.1 Å². The highest BCUT2D eigenvalue weighted by Gasteiger charge is 2.12. The Kier molecular flexibility index (Phi) is 4.61. The number of carbonyl (C=O) groups is 1. The van der Waals surface area contributed by atoms with Crippen LogP contribution in [0.3, 0.4) is 0 Å². The monoisotopic (exact) mass is 337 g/mol. The van der Waals surface area contributed by atoms with Crippen LogP contribution in [-0.4, -0.2) is 5.91 Å². The number of anilines is 1. The summed E-state index contributed by atoms with van der Waals surface area (Å²) in [4.78, 5) is 12.3. The molecule has 98 valence electrons. The lowest BCUT2D eigenvalue weighted by Gasteiger charge is -2.11. The molecular formula is C15H13BrClNO. The quantitative estimate of drug-likeness (QED) is 0.801. The van der Waals surface area contributed by atoms with E-state index in [9.17, 15) is 4.79 Å². The summed E-state index contributed by atoms with van der Waals surface area (Å²) < 4.78 is 0. The number of benzene rings is 2. The van der Waals surface area contributed by atoms with Gasteiger partial charge >= 0.3 is 0 Å². The van der Waals surface area contributed by atoms with Gasteiger partial charge in [0, 0.05) is 21.6 Å². The fraction of sp³-hybridized carbons (Fsp3) is 0.133. The summed E-state index contributed by atoms with van der Waals surface area (Å²) in [7, 11) is 0. The number of carbonyl (C=O) groups excluding carboxylic acids is 1. The third-order valence-corrected chi connectivity index (χ3v) is 3.94. The number of nitrogens with one attached hydrogen (secondary N) is 1. The molecule has 2 aromatic carbocycles. The van der Waals surface area contributed by atoms with E-state index >= 15 is 0 Å². The smallest absolute Gasteiger partial charge is 0.255 e. The van der Waals surface area contributed by atoms with Crippen molar-refractivity contribution in [2.75, 3.05) is 5.32 Å². The van der Waals surface area contributed by atoms with Gasteiger partial charge in [-0.15, -0.1) is 0 Å². The van der Waals surface area contributed by atoms with Crippen molar-refractivity contribution in [3.8, 4) is 0 Å². The second-order valence-electron chi connectivity index (χ2n) is 4.16. The number of para-hydroxylation sites is 1. The van der Waals surface area contributed by atoms with Gasteiger partial charge in [-0.05, 0) is 36.2 Å². The summed E-state index contributed by atoms with van der Waals surface area (Å²) in [6.07, 6.45) is 0. The first-order valence-electron chi connectivity index (χ1n) is 5.84. The van der Waals surface area contributed by atoms with Crippen molar-refractivity contribution in [3.63, 3.8) is 0 Å². The number of amides is 1. The Morgan fingerprint density at radius 3 is 2.68 bits per heavy atom. The Morgan fingerprint density at radius 2 is 1.95 bits per heavy atom. The first-order valence-corrected chi connectivity index (χ1v) is 7.33. The van der Waals surface area contributed by atoms with E-state index in [1.165, 1.54) is 0 Å². The number of halogens is 2. The molecule has 0 saturated heterocycles. The van der Waals surface area contributed by atoms with Crippen LogP contribution in [0.15, 0.2) is 42.5 Å². The predicted octanol–water partition coefficient (Wildman–Crippen LogP) is 4.80. The zero-order valence-electron chi connectivity index (χ0n) is 10.4. The van der Waals surface area contributed by atoms with Gasteiger partial charge in [0.1, 0.15) is 0 Å². The van der Waals surface area contributed by atoms with Crippen LogP contribution in [0.4, 0.5) is 5.69 Å². The topological polar surface area (TPSA) is 29.1 Å². The van der Waals surface area contributed by atoms with Gasteiger partial charge in [-0.1, -0.05) is 51.8 Å². The molecule has 0 fully saturated rings. The van der Waals surface area contributed by atoms with E-state index in [4.69, 9.17) is 11.6 Å². The van der Waals surface area contributed by atoms with E-state index in [1.807, 2.05) is 31.2 Å². The van der Waals surface area contributed by atoms with E-state index in [0.717, 1.165) is 16.8 Å². The molecule has 0 radical (unpaired) electrons. The number of hydrogen-bond acceptors (Lipinski definition) is 1. The zero-order chi connectivity index (χ0) is 13.8. The van der Waals surface area contributed by atoms with E-state index in [-0.39, 0.29) is 5.91 Å². The SMILES string of the molecule is Cc1c(Cl)cccc1C(=O)Nc1ccccc1CBr. The van der Waals surface area contributed by atoms with Crippen molar-refractivity contribution < 1.29 is 4.79 Å². The number of rotatable bonds is 3. The molecule has 0 unspecified atom stereocenters. The molecule has 19 heavy (non-hydrogen) atoms. The third-order valence-electron chi connectivity index (χ3n) is 2.92. The van der Waals surface area contributed by atoms with Gasteiger partial charge in [-0.25, -0.2) is 0 Å². The molecule has 2 rings (SSSR count). The Hall–Kier alpha value is -1.32. The van der Waals surface area contributed by atoms with E-state index < -0.39 is 0 Å². The van der Waals surface area contributed by atoms with E-state index in [2.05, 4.69) is 21.2 Å². The highest BCUT2D eigenvalue weighted by molar-refractivity contribution is 9.08. The van der Waals surface area contributed by atoms with Gasteiger partial charge in [0.05, 0.1) is 0 Å². The van der Waals surface area contributed by atoms with Crippen LogP contribution in [-0.2, 0) is 5.33 Å². The van der Waals surface area contributed by atoms with Crippen molar-refractivity contribution in [1.82, 2.24) is 0 Å². The van der Waals surface area contributed by atoms with Crippen LogP contribution >= 0.6 is 27.5 Å². The Labute approximate surface area is 125 Å². The minimum absolute atomic E-state index is 0.145. The van der Waals surface area contributed by atoms with Crippen LogP contribution in [0.2, 0.25) is 5.02 Å². The van der Waals surface area contributed by atoms with Crippen molar-refractivity contribution in [3.05, 3.63) is 64.2 Å². The van der Waals surface area contributed by atoms with Crippen molar-refractivity contribution in [1.29, 1.82) is 0 Å². The molecule has 0 aliphatic rings. The molecule has 0 aliphatic carbocycles. The van der Waals surface area contributed by atoms with Crippen LogP contribution in [0, 0.1) is 6.92 Å². The maximum atomic E-state index is 12.3. The predicted molar refractivity (Wildman–Crippen MR) is 83.2 cm³/mol. The molecule has 1 N–H and O–H groups in total. The molecule has 0 saturated carbocycles. The maximum Gasteiger partial charge on any atom is 0.255 e. The van der Waals surface area contributed by atoms with Crippen LogP contribution < -0.4 is 5.32 Å². The summed E-state index contributed by atoms with van der Waals surface area (Å²) in [6.45, 7) is 1.84. The molecule has 0 spiro atoms. The summed E-state index contributed by atoms with van der Waals surface area (Å²) in [5, 5.41) is 4.21. The standard InChI is InChI=1S/C15H13BrClNO/c1-10-12(6-4-7-13(10)17)15(19)18-14-8-3-2-5-11(14)9-16/h2-8H,9H2,1H3,(H,18,19). The fourth-order valence-electron chi connectivity index (χ4n) is 1.80. The van der Waals surface area contributed by atoms with Gasteiger partial charge in [0.25, 0.3) is 5.91 Å². The number of hydrogen-bond donors (Lipinski definition) is 1. The fourth-order valence-corrected chi connectivity index (χ4v) is 2.47. The molecule has 0 aliphatic heterocycles. The van der Waals surface area contributed by atoms with Gasteiger partial charge < -0.3 is 5.32 Å². The molecule has 1 amide bonds. The van der Waals surface area contributed by atoms with Crippen LogP contribution in [0.5, 0.6) is 0 Å². The summed E-state index contributed by atoms with van der Waals surface area (Å²) >= 11 is 9.44. The van der Waals surface area contributed by atoms with Gasteiger partial charge in [-0.3, -0.25) is 4.79 Å². The highest BCUT2D eigenvalue weighted by Crippen LogP contribution is 2.22. The highest BCUT2D eigenvalue weighted by atomic mass is 79.9. The molecule has 2 nitrogen and oxygen atoms in total. The lowest BCUT2D eigenvalue weighted by atomic mass is 10.1. The van der Waals surface area contributed by atoms with E-state index in [1.54, 1.807) is 18.2 Å². The second-order valence-corrected chi connectivity index (χ2v) is 5.13. The average molecular weight is 339 g/mol. The normalized spacial score (nSPS) is 10.3. The second kappa shape index (κ2) is 6.22. The molecular weight excluding hydrogens is 326 g/mol. The lowest BCUT2D eigenvalue weighted by Crippen LogP contribution is -2.14. The Bertz CT molecular complexity index is 613. The number of alkyl halides is 1. The molecule has 4 heteroatoms. The van der Waals surface area contributed by atoms with Crippen molar-refractivity contribution in [2.45, 2.75) is 12.3 Å². The van der Waals surface area contributed by atoms with Crippen LogP contribution in [0.25, 0.3) is 0 Å². The molecule has 2 aromatic rings.